The number of aromatic nitrogens is 2. The molecule has 178 valence electrons. The van der Waals surface area contributed by atoms with E-state index in [1.807, 2.05) is 25.2 Å². The van der Waals surface area contributed by atoms with Crippen LogP contribution < -0.4 is 9.64 Å². The van der Waals surface area contributed by atoms with Crippen molar-refractivity contribution in [2.24, 2.45) is 0 Å². The van der Waals surface area contributed by atoms with Crippen LogP contribution in [0.5, 0.6) is 6.01 Å². The quantitative estimate of drug-likeness (QED) is 0.659. The highest BCUT2D eigenvalue weighted by atomic mass is 19.1. The van der Waals surface area contributed by atoms with E-state index in [1.165, 1.54) is 12.1 Å². The number of nitrogens with zero attached hydrogens (tertiary/aromatic N) is 5. The molecule has 33 heavy (non-hydrogen) atoms. The number of piperidine rings is 2. The Morgan fingerprint density at radius 1 is 1.15 bits per heavy atom. The molecule has 1 aromatic heterocycles. The van der Waals surface area contributed by atoms with E-state index in [0.29, 0.717) is 12.6 Å². The van der Waals surface area contributed by atoms with Crippen molar-refractivity contribution in [3.05, 3.63) is 47.9 Å². The summed E-state index contributed by atoms with van der Waals surface area (Å²) < 4.78 is 24.1. The molecule has 0 bridgehead atoms. The van der Waals surface area contributed by atoms with E-state index in [9.17, 15) is 9.18 Å². The lowest BCUT2D eigenvalue weighted by Crippen LogP contribution is -2.48. The summed E-state index contributed by atoms with van der Waals surface area (Å²) in [6, 6.07) is 8.95. The first-order valence-electron chi connectivity index (χ1n) is 11.5. The van der Waals surface area contributed by atoms with Crippen LogP contribution in [0.2, 0.25) is 0 Å². The third-order valence-corrected chi connectivity index (χ3v) is 6.47. The summed E-state index contributed by atoms with van der Waals surface area (Å²) in [5.74, 6) is 0.615. The molecule has 0 aliphatic carbocycles. The van der Waals surface area contributed by atoms with E-state index in [4.69, 9.17) is 9.47 Å². The molecule has 1 amide bonds. The van der Waals surface area contributed by atoms with E-state index in [0.717, 1.165) is 63.2 Å². The minimum atomic E-state index is -0.259. The van der Waals surface area contributed by atoms with Gasteiger partial charge in [0.05, 0.1) is 7.11 Å². The van der Waals surface area contributed by atoms with Crippen LogP contribution in [0.3, 0.4) is 0 Å². The average molecular weight is 458 g/mol. The average Bonchev–Trinajstić information content (AvgIpc) is 2.85. The Morgan fingerprint density at radius 3 is 2.64 bits per heavy atom. The van der Waals surface area contributed by atoms with Crippen LogP contribution in [0, 0.1) is 5.82 Å². The number of methoxy groups -OCH3 is 1. The van der Waals surface area contributed by atoms with Crippen LogP contribution in [-0.2, 0) is 11.3 Å². The number of likely N-dealkylation sites (tertiary alicyclic amines) is 1. The Hall–Kier alpha value is -2.94. The molecule has 1 unspecified atom stereocenters. The zero-order chi connectivity index (χ0) is 23.2. The van der Waals surface area contributed by atoms with Gasteiger partial charge < -0.3 is 19.3 Å². The van der Waals surface area contributed by atoms with Gasteiger partial charge in [0.1, 0.15) is 17.7 Å². The van der Waals surface area contributed by atoms with Gasteiger partial charge in [-0.2, -0.15) is 4.98 Å². The zero-order valence-corrected chi connectivity index (χ0v) is 19.3. The first-order chi connectivity index (χ1) is 16.0. The van der Waals surface area contributed by atoms with Gasteiger partial charge in [-0.1, -0.05) is 12.1 Å². The lowest BCUT2D eigenvalue weighted by atomic mass is 10.0. The maximum Gasteiger partial charge on any atom is 0.410 e. The molecule has 3 heterocycles. The van der Waals surface area contributed by atoms with Crippen LogP contribution in [0.1, 0.15) is 31.2 Å². The number of hydrogen-bond donors (Lipinski definition) is 0. The fourth-order valence-corrected chi connectivity index (χ4v) is 4.56. The maximum absolute atomic E-state index is 13.1. The molecule has 9 heteroatoms. The van der Waals surface area contributed by atoms with E-state index in [-0.39, 0.29) is 24.1 Å². The first kappa shape index (κ1) is 23.2. The van der Waals surface area contributed by atoms with Crippen LogP contribution in [0.25, 0.3) is 0 Å². The Kier molecular flexibility index (Phi) is 7.59. The Labute approximate surface area is 194 Å². The van der Waals surface area contributed by atoms with Gasteiger partial charge in [0.25, 0.3) is 0 Å². The van der Waals surface area contributed by atoms with Gasteiger partial charge >= 0.3 is 12.1 Å². The molecule has 0 radical (unpaired) electrons. The SMILES string of the molecule is COc1nccc(N2CCC(N(C)C(=O)OC3CCCN(Cc4ccc(F)cc4)C3)CC2)n1. The summed E-state index contributed by atoms with van der Waals surface area (Å²) in [4.78, 5) is 27.5. The molecule has 2 aliphatic heterocycles. The molecule has 0 saturated carbocycles. The summed E-state index contributed by atoms with van der Waals surface area (Å²) >= 11 is 0. The Balaban J connectivity index is 1.25. The van der Waals surface area contributed by atoms with Crippen molar-refractivity contribution in [1.82, 2.24) is 19.8 Å². The molecule has 8 nitrogen and oxygen atoms in total. The number of amides is 1. The Morgan fingerprint density at radius 2 is 1.91 bits per heavy atom. The van der Waals surface area contributed by atoms with Crippen molar-refractivity contribution in [3.8, 4) is 6.01 Å². The van der Waals surface area contributed by atoms with Gasteiger partial charge in [0.2, 0.25) is 0 Å². The summed E-state index contributed by atoms with van der Waals surface area (Å²) in [6.45, 7) is 3.99. The number of rotatable bonds is 6. The summed E-state index contributed by atoms with van der Waals surface area (Å²) in [5, 5.41) is 0. The molecule has 2 fully saturated rings. The van der Waals surface area contributed by atoms with Crippen molar-refractivity contribution >= 4 is 11.9 Å². The van der Waals surface area contributed by atoms with Crippen LogP contribution >= 0.6 is 0 Å². The highest BCUT2D eigenvalue weighted by Gasteiger charge is 2.30. The number of benzene rings is 1. The number of carbonyl (C=O) groups is 1. The van der Waals surface area contributed by atoms with Crippen molar-refractivity contribution in [2.75, 3.05) is 45.2 Å². The molecule has 0 spiro atoms. The highest BCUT2D eigenvalue weighted by molar-refractivity contribution is 5.68. The lowest BCUT2D eigenvalue weighted by molar-refractivity contribution is 0.0159. The van der Waals surface area contributed by atoms with E-state index in [2.05, 4.69) is 19.8 Å². The molecule has 1 atom stereocenters. The molecular weight excluding hydrogens is 425 g/mol. The normalized spacial score (nSPS) is 19.8. The van der Waals surface area contributed by atoms with E-state index < -0.39 is 0 Å². The van der Waals surface area contributed by atoms with Gasteiger partial charge in [-0.3, -0.25) is 4.90 Å². The molecule has 0 N–H and O–H groups in total. The van der Waals surface area contributed by atoms with Crippen LogP contribution in [-0.4, -0.2) is 78.3 Å². The van der Waals surface area contributed by atoms with Crippen LogP contribution in [0.15, 0.2) is 36.5 Å². The molecule has 2 aromatic rings. The monoisotopic (exact) mass is 457 g/mol. The second kappa shape index (κ2) is 10.8. The molecule has 4 rings (SSSR count). The van der Waals surface area contributed by atoms with Crippen LogP contribution in [0.4, 0.5) is 15.0 Å². The minimum absolute atomic E-state index is 0.122. The van der Waals surface area contributed by atoms with E-state index in [1.54, 1.807) is 18.2 Å². The van der Waals surface area contributed by atoms with Gasteiger partial charge in [0.15, 0.2) is 0 Å². The third-order valence-electron chi connectivity index (χ3n) is 6.47. The number of hydrogen-bond acceptors (Lipinski definition) is 7. The fraction of sp³-hybridized carbons (Fsp3) is 0.542. The number of anilines is 1. The number of ether oxygens (including phenoxy) is 2. The highest BCUT2D eigenvalue weighted by Crippen LogP contribution is 2.23. The third kappa shape index (κ3) is 6.10. The zero-order valence-electron chi connectivity index (χ0n) is 19.3. The topological polar surface area (TPSA) is 71.0 Å². The largest absolute Gasteiger partial charge is 0.467 e. The summed E-state index contributed by atoms with van der Waals surface area (Å²) in [6.07, 6.45) is 4.85. The standard InChI is InChI=1S/C24H32FN5O3/c1-28(20-10-14-30(15-11-20)22-9-12-26-23(27-22)32-2)24(31)33-21-4-3-13-29(17-21)16-18-5-7-19(25)8-6-18/h5-9,12,20-21H,3-4,10-11,13-17H2,1-2H3. The lowest BCUT2D eigenvalue weighted by Gasteiger charge is -2.38. The van der Waals surface area contributed by atoms with Gasteiger partial charge in [-0.05, 0) is 56.0 Å². The summed E-state index contributed by atoms with van der Waals surface area (Å²) in [5.41, 5.74) is 1.06. The maximum atomic E-state index is 13.1. The molecule has 1 aromatic carbocycles. The smallest absolute Gasteiger partial charge is 0.410 e. The minimum Gasteiger partial charge on any atom is -0.467 e. The predicted octanol–water partition coefficient (Wildman–Crippen LogP) is 3.33. The summed E-state index contributed by atoms with van der Waals surface area (Å²) in [7, 11) is 3.38. The molecule has 2 saturated heterocycles. The molecule has 2 aliphatic rings. The fourth-order valence-electron chi connectivity index (χ4n) is 4.56. The van der Waals surface area contributed by atoms with Crippen molar-refractivity contribution in [3.63, 3.8) is 0 Å². The van der Waals surface area contributed by atoms with Gasteiger partial charge in [-0.25, -0.2) is 14.2 Å². The second-order valence-corrected chi connectivity index (χ2v) is 8.74. The Bertz CT molecular complexity index is 921. The van der Waals surface area contributed by atoms with Crippen molar-refractivity contribution < 1.29 is 18.7 Å². The second-order valence-electron chi connectivity index (χ2n) is 8.74. The van der Waals surface area contributed by atoms with E-state index >= 15 is 0 Å². The van der Waals surface area contributed by atoms with Gasteiger partial charge in [-0.15, -0.1) is 0 Å². The number of halogens is 1. The number of carbonyl (C=O) groups excluding carboxylic acids is 1. The van der Waals surface area contributed by atoms with Crippen molar-refractivity contribution in [2.45, 2.75) is 44.4 Å². The predicted molar refractivity (Wildman–Crippen MR) is 123 cm³/mol. The van der Waals surface area contributed by atoms with Gasteiger partial charge in [0, 0.05) is 45.5 Å². The first-order valence-corrected chi connectivity index (χ1v) is 11.5. The van der Waals surface area contributed by atoms with Crippen molar-refractivity contribution in [1.29, 1.82) is 0 Å². The molecular formula is C24H32FN5O3.